The molecule has 238 valence electrons. The van der Waals surface area contributed by atoms with Crippen molar-refractivity contribution in [3.8, 4) is 50.8 Å². The molecule has 0 radical (unpaired) electrons. The second-order valence-electron chi connectivity index (χ2n) is 12.8. The third-order valence-electron chi connectivity index (χ3n) is 9.79. The van der Waals surface area contributed by atoms with Crippen LogP contribution in [-0.2, 0) is 0 Å². The van der Waals surface area contributed by atoms with Crippen molar-refractivity contribution in [2.45, 2.75) is 0 Å². The van der Waals surface area contributed by atoms with Crippen molar-refractivity contribution in [3.63, 3.8) is 0 Å². The largest absolute Gasteiger partial charge is 0.309 e. The number of hydrogen-bond donors (Lipinski definition) is 0. The summed E-state index contributed by atoms with van der Waals surface area (Å²) in [5, 5.41) is 5.89. The summed E-state index contributed by atoms with van der Waals surface area (Å²) in [5.41, 5.74) is 11.3. The first kappa shape index (κ1) is 29.0. The van der Waals surface area contributed by atoms with Gasteiger partial charge in [-0.25, -0.2) is 15.0 Å². The molecule has 0 saturated carbocycles. The number of benzene rings is 7. The van der Waals surface area contributed by atoms with E-state index in [0.717, 1.165) is 66.8 Å². The Morgan fingerprint density at radius 3 is 1.59 bits per heavy atom. The number of fused-ring (bicyclic) bond motifs is 7. The zero-order chi connectivity index (χ0) is 33.7. The van der Waals surface area contributed by atoms with Gasteiger partial charge in [-0.2, -0.15) is 0 Å². The van der Waals surface area contributed by atoms with Crippen LogP contribution in [0.15, 0.2) is 182 Å². The SMILES string of the molecule is c1ccc(-c2cc(-c3ccccc3)nc(-c3ccc(-n4c5ccccc5c5ccc6c(-c7ccccc7)nc7ccccc7c6c54)cc3)n2)cc1. The number of rotatable bonds is 5. The quantitative estimate of drug-likeness (QED) is 0.174. The van der Waals surface area contributed by atoms with E-state index in [1.807, 2.05) is 36.4 Å². The molecule has 0 amide bonds. The number of hydrogen-bond acceptors (Lipinski definition) is 3. The lowest BCUT2D eigenvalue weighted by atomic mass is 9.97. The van der Waals surface area contributed by atoms with Crippen LogP contribution in [0.1, 0.15) is 0 Å². The molecule has 0 aliphatic heterocycles. The van der Waals surface area contributed by atoms with Gasteiger partial charge in [0.1, 0.15) is 0 Å². The van der Waals surface area contributed by atoms with Crippen molar-refractivity contribution in [2.75, 3.05) is 0 Å². The molecular formula is C47H30N4. The second kappa shape index (κ2) is 11.9. The van der Waals surface area contributed by atoms with E-state index in [0.29, 0.717) is 5.82 Å². The maximum atomic E-state index is 5.22. The third-order valence-corrected chi connectivity index (χ3v) is 9.79. The van der Waals surface area contributed by atoms with Gasteiger partial charge < -0.3 is 4.57 Å². The molecular weight excluding hydrogens is 621 g/mol. The molecule has 0 spiro atoms. The number of pyridine rings is 1. The highest BCUT2D eigenvalue weighted by Crippen LogP contribution is 2.42. The van der Waals surface area contributed by atoms with E-state index in [1.54, 1.807) is 0 Å². The van der Waals surface area contributed by atoms with E-state index < -0.39 is 0 Å². The first-order valence-corrected chi connectivity index (χ1v) is 17.2. The summed E-state index contributed by atoms with van der Waals surface area (Å²) in [4.78, 5) is 15.4. The fourth-order valence-electron chi connectivity index (χ4n) is 7.42. The van der Waals surface area contributed by atoms with Gasteiger partial charge in [0.25, 0.3) is 0 Å². The first-order chi connectivity index (χ1) is 25.3. The topological polar surface area (TPSA) is 43.6 Å². The lowest BCUT2D eigenvalue weighted by molar-refractivity contribution is 1.17. The predicted octanol–water partition coefficient (Wildman–Crippen LogP) is 11.9. The van der Waals surface area contributed by atoms with E-state index >= 15 is 0 Å². The minimum absolute atomic E-state index is 0.694. The summed E-state index contributed by atoms with van der Waals surface area (Å²) in [6, 6.07) is 63.6. The number of aromatic nitrogens is 4. The van der Waals surface area contributed by atoms with Crippen molar-refractivity contribution < 1.29 is 0 Å². The van der Waals surface area contributed by atoms with Gasteiger partial charge in [-0.05, 0) is 42.5 Å². The van der Waals surface area contributed by atoms with Crippen LogP contribution >= 0.6 is 0 Å². The molecule has 0 aliphatic rings. The molecule has 3 aromatic heterocycles. The van der Waals surface area contributed by atoms with Crippen molar-refractivity contribution in [2.24, 2.45) is 0 Å². The van der Waals surface area contributed by atoms with Crippen LogP contribution in [0.3, 0.4) is 0 Å². The molecule has 4 heteroatoms. The summed E-state index contributed by atoms with van der Waals surface area (Å²) in [5.74, 6) is 0.694. The highest BCUT2D eigenvalue weighted by molar-refractivity contribution is 6.26. The van der Waals surface area contributed by atoms with Crippen LogP contribution in [0, 0.1) is 0 Å². The van der Waals surface area contributed by atoms with E-state index in [2.05, 4.69) is 150 Å². The minimum atomic E-state index is 0.694. The molecule has 4 nitrogen and oxygen atoms in total. The van der Waals surface area contributed by atoms with Gasteiger partial charge in [0.2, 0.25) is 0 Å². The van der Waals surface area contributed by atoms with Crippen molar-refractivity contribution in [3.05, 3.63) is 182 Å². The smallest absolute Gasteiger partial charge is 0.160 e. The zero-order valence-electron chi connectivity index (χ0n) is 27.6. The lowest BCUT2D eigenvalue weighted by Gasteiger charge is -2.15. The molecule has 0 atom stereocenters. The summed E-state index contributed by atoms with van der Waals surface area (Å²) in [6.45, 7) is 0. The third kappa shape index (κ3) is 4.88. The normalized spacial score (nSPS) is 11.5. The van der Waals surface area contributed by atoms with Gasteiger partial charge >= 0.3 is 0 Å². The monoisotopic (exact) mass is 650 g/mol. The van der Waals surface area contributed by atoms with Gasteiger partial charge in [0.15, 0.2) is 5.82 Å². The Hall–Kier alpha value is -6.91. The molecule has 0 fully saturated rings. The molecule has 0 unspecified atom stereocenters. The molecule has 0 N–H and O–H groups in total. The predicted molar refractivity (Wildman–Crippen MR) is 211 cm³/mol. The second-order valence-corrected chi connectivity index (χ2v) is 12.8. The molecule has 0 saturated heterocycles. The van der Waals surface area contributed by atoms with Crippen LogP contribution < -0.4 is 0 Å². The van der Waals surface area contributed by atoms with Gasteiger partial charge in [-0.3, -0.25) is 0 Å². The Balaban J connectivity index is 1.21. The van der Waals surface area contributed by atoms with Gasteiger partial charge in [0.05, 0.1) is 33.6 Å². The van der Waals surface area contributed by atoms with Gasteiger partial charge in [-0.1, -0.05) is 140 Å². The maximum absolute atomic E-state index is 5.22. The van der Waals surface area contributed by atoms with Crippen LogP contribution in [0.2, 0.25) is 0 Å². The van der Waals surface area contributed by atoms with E-state index in [9.17, 15) is 0 Å². The standard InChI is InChI=1S/C47H30N4/c1-4-14-31(15-5-1)41-30-42(32-16-6-2-7-17-32)50-47(49-41)34-24-26-35(27-25-34)51-43-23-13-11-20-36(43)37-28-29-39-44(46(37)51)38-21-10-12-22-40(38)48-45(39)33-18-8-3-9-19-33/h1-30H. The van der Waals surface area contributed by atoms with E-state index in [4.69, 9.17) is 15.0 Å². The summed E-state index contributed by atoms with van der Waals surface area (Å²) in [7, 11) is 0. The molecule has 0 bridgehead atoms. The Labute approximate surface area is 295 Å². The average molecular weight is 651 g/mol. The molecule has 10 aromatic rings. The zero-order valence-corrected chi connectivity index (χ0v) is 27.6. The molecule has 51 heavy (non-hydrogen) atoms. The summed E-state index contributed by atoms with van der Waals surface area (Å²) < 4.78 is 2.41. The van der Waals surface area contributed by atoms with E-state index in [-0.39, 0.29) is 0 Å². The van der Waals surface area contributed by atoms with Gasteiger partial charge in [0, 0.05) is 54.9 Å². The van der Waals surface area contributed by atoms with Crippen molar-refractivity contribution in [1.29, 1.82) is 0 Å². The highest BCUT2D eigenvalue weighted by Gasteiger charge is 2.20. The van der Waals surface area contributed by atoms with E-state index in [1.165, 1.54) is 21.7 Å². The Bertz CT molecular complexity index is 2820. The maximum Gasteiger partial charge on any atom is 0.160 e. The number of nitrogens with zero attached hydrogens (tertiary/aromatic N) is 4. The molecule has 7 aromatic carbocycles. The number of para-hydroxylation sites is 2. The fraction of sp³-hybridized carbons (Fsp3) is 0. The molecule has 10 rings (SSSR count). The fourth-order valence-corrected chi connectivity index (χ4v) is 7.42. The molecule has 3 heterocycles. The summed E-state index contributed by atoms with van der Waals surface area (Å²) in [6.07, 6.45) is 0. The van der Waals surface area contributed by atoms with Crippen LogP contribution in [0.25, 0.3) is 94.3 Å². The summed E-state index contributed by atoms with van der Waals surface area (Å²) >= 11 is 0. The highest BCUT2D eigenvalue weighted by atomic mass is 15.0. The lowest BCUT2D eigenvalue weighted by Crippen LogP contribution is -1.98. The first-order valence-electron chi connectivity index (χ1n) is 17.2. The van der Waals surface area contributed by atoms with Crippen molar-refractivity contribution >= 4 is 43.5 Å². The van der Waals surface area contributed by atoms with Crippen LogP contribution in [0.4, 0.5) is 0 Å². The molecule has 0 aliphatic carbocycles. The van der Waals surface area contributed by atoms with Crippen LogP contribution in [-0.4, -0.2) is 19.5 Å². The average Bonchev–Trinajstić information content (AvgIpc) is 3.56. The minimum Gasteiger partial charge on any atom is -0.309 e. The Morgan fingerprint density at radius 1 is 0.373 bits per heavy atom. The Morgan fingerprint density at radius 2 is 0.922 bits per heavy atom. The van der Waals surface area contributed by atoms with Crippen molar-refractivity contribution in [1.82, 2.24) is 19.5 Å². The van der Waals surface area contributed by atoms with Crippen LogP contribution in [0.5, 0.6) is 0 Å². The Kier molecular flexibility index (Phi) is 6.78. The van der Waals surface area contributed by atoms with Gasteiger partial charge in [-0.15, -0.1) is 0 Å².